The minimum atomic E-state index is -2.24. The standard InChI is InChI=1S/C18H18FNO7/c1-20(27)17(25)14(22)9-18(26,8-10-3-2-4-11(19)7-10)12-5-6-13(21)16(24)15(12)23/h2-7,21,23-24,26-27H,8-9H2,1H3. The number of carbonyl (C=O) groups is 2. The lowest BCUT2D eigenvalue weighted by molar-refractivity contribution is -0.167. The summed E-state index contributed by atoms with van der Waals surface area (Å²) < 4.78 is 13.5. The lowest BCUT2D eigenvalue weighted by Gasteiger charge is -2.29. The van der Waals surface area contributed by atoms with Crippen LogP contribution in [-0.2, 0) is 21.6 Å². The van der Waals surface area contributed by atoms with Gasteiger partial charge in [0.1, 0.15) is 11.4 Å². The molecule has 0 aliphatic heterocycles. The van der Waals surface area contributed by atoms with Crippen molar-refractivity contribution in [2.45, 2.75) is 18.4 Å². The van der Waals surface area contributed by atoms with Gasteiger partial charge in [0.15, 0.2) is 11.5 Å². The highest BCUT2D eigenvalue weighted by Crippen LogP contribution is 2.44. The van der Waals surface area contributed by atoms with Crippen LogP contribution < -0.4 is 0 Å². The number of aromatic hydroxyl groups is 3. The third kappa shape index (κ3) is 4.33. The fraction of sp³-hybridized carbons (Fsp3) is 0.222. The van der Waals surface area contributed by atoms with Crippen molar-refractivity contribution >= 4 is 11.7 Å². The molecular formula is C18H18FNO7. The van der Waals surface area contributed by atoms with E-state index in [1.54, 1.807) is 0 Å². The Morgan fingerprint density at radius 2 is 1.78 bits per heavy atom. The summed E-state index contributed by atoms with van der Waals surface area (Å²) in [6.45, 7) is 0. The van der Waals surface area contributed by atoms with Crippen LogP contribution in [0.4, 0.5) is 4.39 Å². The minimum absolute atomic E-state index is 0.0408. The Bertz CT molecular complexity index is 884. The number of benzene rings is 2. The molecule has 8 nitrogen and oxygen atoms in total. The fourth-order valence-corrected chi connectivity index (χ4v) is 2.70. The third-order valence-electron chi connectivity index (χ3n) is 4.00. The van der Waals surface area contributed by atoms with Gasteiger partial charge in [-0.05, 0) is 29.8 Å². The molecule has 0 heterocycles. The molecule has 0 aliphatic carbocycles. The maximum Gasteiger partial charge on any atom is 0.313 e. The van der Waals surface area contributed by atoms with Crippen LogP contribution in [0.15, 0.2) is 36.4 Å². The van der Waals surface area contributed by atoms with E-state index in [1.165, 1.54) is 18.2 Å². The first-order valence-electron chi connectivity index (χ1n) is 7.76. The van der Waals surface area contributed by atoms with Gasteiger partial charge < -0.3 is 20.4 Å². The molecule has 2 rings (SSSR count). The second-order valence-electron chi connectivity index (χ2n) is 6.10. The van der Waals surface area contributed by atoms with Crippen molar-refractivity contribution in [2.24, 2.45) is 0 Å². The van der Waals surface area contributed by atoms with Gasteiger partial charge in [-0.2, -0.15) is 0 Å². The zero-order valence-corrected chi connectivity index (χ0v) is 14.3. The molecule has 0 radical (unpaired) electrons. The van der Waals surface area contributed by atoms with E-state index in [4.69, 9.17) is 5.21 Å². The summed E-state index contributed by atoms with van der Waals surface area (Å²) in [6, 6.07) is 7.12. The second kappa shape index (κ2) is 7.60. The summed E-state index contributed by atoms with van der Waals surface area (Å²) in [5.74, 6) is -5.59. The molecule has 0 saturated carbocycles. The Kier molecular flexibility index (Phi) is 5.67. The number of halogens is 1. The molecule has 0 bridgehead atoms. The number of nitrogens with zero attached hydrogens (tertiary/aromatic N) is 1. The Hall–Kier alpha value is -3.17. The number of phenols is 3. The molecule has 2 aromatic carbocycles. The lowest BCUT2D eigenvalue weighted by atomic mass is 9.82. The average molecular weight is 379 g/mol. The molecular weight excluding hydrogens is 361 g/mol. The fourth-order valence-electron chi connectivity index (χ4n) is 2.70. The van der Waals surface area contributed by atoms with E-state index < -0.39 is 53.2 Å². The SMILES string of the molecule is CN(O)C(=O)C(=O)CC(O)(Cc1cccc(F)c1)c1ccc(O)c(O)c1O. The van der Waals surface area contributed by atoms with Gasteiger partial charge in [-0.3, -0.25) is 14.8 Å². The minimum Gasteiger partial charge on any atom is -0.504 e. The zero-order chi connectivity index (χ0) is 20.4. The molecule has 144 valence electrons. The van der Waals surface area contributed by atoms with Crippen LogP contribution in [0.1, 0.15) is 17.5 Å². The second-order valence-corrected chi connectivity index (χ2v) is 6.10. The van der Waals surface area contributed by atoms with E-state index in [2.05, 4.69) is 0 Å². The topological polar surface area (TPSA) is 139 Å². The highest BCUT2D eigenvalue weighted by atomic mass is 19.1. The number of carbonyl (C=O) groups excluding carboxylic acids is 2. The normalized spacial score (nSPS) is 13.0. The Morgan fingerprint density at radius 1 is 1.11 bits per heavy atom. The first kappa shape index (κ1) is 20.1. The first-order chi connectivity index (χ1) is 12.5. The predicted octanol–water partition coefficient (Wildman–Crippen LogP) is 1.18. The van der Waals surface area contributed by atoms with Crippen LogP contribution in [0, 0.1) is 5.82 Å². The van der Waals surface area contributed by atoms with Gasteiger partial charge in [0.2, 0.25) is 11.5 Å². The molecule has 0 spiro atoms. The number of hydrogen-bond donors (Lipinski definition) is 5. The number of hydroxylamine groups is 2. The quantitative estimate of drug-likeness (QED) is 0.220. The summed E-state index contributed by atoms with van der Waals surface area (Å²) >= 11 is 0. The first-order valence-corrected chi connectivity index (χ1v) is 7.76. The highest BCUT2D eigenvalue weighted by molar-refractivity contribution is 6.35. The number of amides is 1. The number of likely N-dealkylation sites (N-methyl/N-ethyl adjacent to an activating group) is 1. The van der Waals surface area contributed by atoms with Gasteiger partial charge in [-0.25, -0.2) is 9.45 Å². The molecule has 27 heavy (non-hydrogen) atoms. The summed E-state index contributed by atoms with van der Waals surface area (Å²) in [6.07, 6.45) is -1.29. The third-order valence-corrected chi connectivity index (χ3v) is 4.00. The average Bonchev–Trinajstić information content (AvgIpc) is 2.58. The van der Waals surface area contributed by atoms with E-state index in [-0.39, 0.29) is 16.2 Å². The van der Waals surface area contributed by atoms with Gasteiger partial charge in [-0.15, -0.1) is 0 Å². The number of rotatable bonds is 6. The maximum atomic E-state index is 13.5. The molecule has 1 unspecified atom stereocenters. The van der Waals surface area contributed by atoms with Gasteiger partial charge in [0.05, 0.1) is 0 Å². The van der Waals surface area contributed by atoms with Crippen molar-refractivity contribution in [1.82, 2.24) is 5.06 Å². The molecule has 0 aliphatic rings. The summed E-state index contributed by atoms with van der Waals surface area (Å²) in [7, 11) is 0.926. The highest BCUT2D eigenvalue weighted by Gasteiger charge is 2.38. The molecule has 0 fully saturated rings. The van der Waals surface area contributed by atoms with Crippen LogP contribution in [0.3, 0.4) is 0 Å². The molecule has 1 amide bonds. The summed E-state index contributed by atoms with van der Waals surface area (Å²) in [4.78, 5) is 23.8. The Morgan fingerprint density at radius 3 is 2.37 bits per heavy atom. The van der Waals surface area contributed by atoms with Crippen molar-refractivity contribution in [3.8, 4) is 17.2 Å². The molecule has 5 N–H and O–H groups in total. The van der Waals surface area contributed by atoms with Crippen LogP contribution in [0.5, 0.6) is 17.2 Å². The number of phenolic OH excluding ortho intramolecular Hbond substituents is 3. The Balaban J connectivity index is 2.52. The van der Waals surface area contributed by atoms with Crippen molar-refractivity contribution < 1.29 is 39.6 Å². The van der Waals surface area contributed by atoms with Crippen LogP contribution >= 0.6 is 0 Å². The molecule has 2 aromatic rings. The maximum absolute atomic E-state index is 13.5. The summed E-state index contributed by atoms with van der Waals surface area (Å²) in [5, 5.41) is 49.5. The number of aliphatic hydroxyl groups is 1. The molecule has 9 heteroatoms. The number of ketones is 1. The van der Waals surface area contributed by atoms with E-state index in [0.717, 1.165) is 25.2 Å². The van der Waals surface area contributed by atoms with E-state index in [1.807, 2.05) is 0 Å². The zero-order valence-electron chi connectivity index (χ0n) is 14.3. The van der Waals surface area contributed by atoms with Crippen LogP contribution in [0.2, 0.25) is 0 Å². The van der Waals surface area contributed by atoms with Gasteiger partial charge in [-0.1, -0.05) is 12.1 Å². The van der Waals surface area contributed by atoms with Crippen LogP contribution in [-0.4, -0.2) is 49.4 Å². The van der Waals surface area contributed by atoms with E-state index in [9.17, 15) is 34.4 Å². The van der Waals surface area contributed by atoms with Crippen molar-refractivity contribution in [1.29, 1.82) is 0 Å². The van der Waals surface area contributed by atoms with Gasteiger partial charge >= 0.3 is 5.91 Å². The predicted molar refractivity (Wildman–Crippen MR) is 89.6 cm³/mol. The van der Waals surface area contributed by atoms with E-state index >= 15 is 0 Å². The van der Waals surface area contributed by atoms with Gasteiger partial charge in [0, 0.05) is 25.5 Å². The number of hydrogen-bond acceptors (Lipinski definition) is 7. The molecule has 0 saturated heterocycles. The van der Waals surface area contributed by atoms with Gasteiger partial charge in [0.25, 0.3) is 0 Å². The summed E-state index contributed by atoms with van der Waals surface area (Å²) in [5.41, 5.74) is -2.36. The van der Waals surface area contributed by atoms with Crippen LogP contribution in [0.25, 0.3) is 0 Å². The van der Waals surface area contributed by atoms with Crippen molar-refractivity contribution in [3.63, 3.8) is 0 Å². The smallest absolute Gasteiger partial charge is 0.313 e. The Labute approximate surface area is 153 Å². The number of Topliss-reactive ketones (excluding diaryl/α,β-unsaturated/α-hetero) is 1. The molecule has 0 aromatic heterocycles. The van der Waals surface area contributed by atoms with Crippen molar-refractivity contribution in [3.05, 3.63) is 53.3 Å². The lowest BCUT2D eigenvalue weighted by Crippen LogP contribution is -2.38. The molecule has 1 atom stereocenters. The van der Waals surface area contributed by atoms with Crippen molar-refractivity contribution in [2.75, 3.05) is 7.05 Å². The monoisotopic (exact) mass is 379 g/mol. The largest absolute Gasteiger partial charge is 0.504 e. The van der Waals surface area contributed by atoms with E-state index in [0.29, 0.717) is 0 Å².